The maximum absolute atomic E-state index is 11.8. The molecular formula is C17H15IN2OS2. The maximum Gasteiger partial charge on any atom is 0.263 e. The molecule has 6 heteroatoms. The van der Waals surface area contributed by atoms with Crippen LogP contribution in [0, 0.1) is 24.3 Å². The zero-order valence-electron chi connectivity index (χ0n) is 12.9. The first-order chi connectivity index (χ1) is 10.9. The lowest BCUT2D eigenvalue weighted by Crippen LogP contribution is -2.17. The second-order valence-corrected chi connectivity index (χ2v) is 8.33. The lowest BCUT2D eigenvalue weighted by atomic mass is 10.2. The van der Waals surface area contributed by atoms with E-state index in [0.29, 0.717) is 9.23 Å². The van der Waals surface area contributed by atoms with Gasteiger partial charge >= 0.3 is 0 Å². The van der Waals surface area contributed by atoms with E-state index in [1.54, 1.807) is 0 Å². The van der Waals surface area contributed by atoms with Gasteiger partial charge in [-0.15, -0.1) is 0 Å². The Kier molecular flexibility index (Phi) is 4.66. The van der Waals surface area contributed by atoms with E-state index in [1.807, 2.05) is 6.08 Å². The minimum absolute atomic E-state index is 0.116. The summed E-state index contributed by atoms with van der Waals surface area (Å²) in [6.45, 7) is 6.26. The highest BCUT2D eigenvalue weighted by atomic mass is 127. The minimum Gasteiger partial charge on any atom is -0.318 e. The van der Waals surface area contributed by atoms with Gasteiger partial charge in [0.2, 0.25) is 0 Å². The molecule has 2 heterocycles. The lowest BCUT2D eigenvalue weighted by molar-refractivity contribution is -0.115. The van der Waals surface area contributed by atoms with Gasteiger partial charge in [-0.2, -0.15) is 0 Å². The number of carbonyl (C=O) groups excluding carboxylic acids is 1. The molecule has 1 aromatic heterocycles. The molecule has 0 bridgehead atoms. The number of carbonyl (C=O) groups is 1. The van der Waals surface area contributed by atoms with E-state index < -0.39 is 0 Å². The van der Waals surface area contributed by atoms with Crippen molar-refractivity contribution in [3.05, 3.63) is 55.3 Å². The van der Waals surface area contributed by atoms with Gasteiger partial charge in [0.15, 0.2) is 0 Å². The number of hydrogen-bond donors (Lipinski definition) is 1. The van der Waals surface area contributed by atoms with Gasteiger partial charge in [-0.05, 0) is 78.8 Å². The number of thiocarbonyl (C=S) groups is 1. The van der Waals surface area contributed by atoms with E-state index in [9.17, 15) is 4.79 Å². The van der Waals surface area contributed by atoms with Crippen LogP contribution in [0.4, 0.5) is 0 Å². The Labute approximate surface area is 158 Å². The number of aryl methyl sites for hydroxylation is 2. The SMILES string of the molecule is Cc1ccc(-n2c(C)cc(C=C3SC(=S)NC3=O)c2C)cc1I. The normalized spacial score (nSPS) is 16.3. The van der Waals surface area contributed by atoms with Crippen LogP contribution in [0.25, 0.3) is 11.8 Å². The molecule has 0 saturated carbocycles. The van der Waals surface area contributed by atoms with Crippen LogP contribution in [0.3, 0.4) is 0 Å². The number of thioether (sulfide) groups is 1. The summed E-state index contributed by atoms with van der Waals surface area (Å²) in [6, 6.07) is 8.54. The van der Waals surface area contributed by atoms with Crippen molar-refractivity contribution in [2.24, 2.45) is 0 Å². The lowest BCUT2D eigenvalue weighted by Gasteiger charge is -2.11. The molecule has 118 valence electrons. The summed E-state index contributed by atoms with van der Waals surface area (Å²) in [4.78, 5) is 12.5. The molecule has 1 fully saturated rings. The van der Waals surface area contributed by atoms with Crippen LogP contribution in [0.15, 0.2) is 29.2 Å². The predicted octanol–water partition coefficient (Wildman–Crippen LogP) is 4.50. The summed E-state index contributed by atoms with van der Waals surface area (Å²) in [5.41, 5.74) is 5.70. The van der Waals surface area contributed by atoms with Crippen molar-refractivity contribution in [1.82, 2.24) is 9.88 Å². The molecule has 1 aliphatic rings. The predicted molar refractivity (Wildman–Crippen MR) is 109 cm³/mol. The molecule has 2 aromatic rings. The Hall–Kier alpha value is -1.12. The van der Waals surface area contributed by atoms with E-state index in [4.69, 9.17) is 12.2 Å². The molecule has 3 nitrogen and oxygen atoms in total. The third kappa shape index (κ3) is 3.25. The first-order valence-electron chi connectivity index (χ1n) is 7.07. The van der Waals surface area contributed by atoms with Crippen molar-refractivity contribution < 1.29 is 4.79 Å². The highest BCUT2D eigenvalue weighted by Gasteiger charge is 2.23. The summed E-state index contributed by atoms with van der Waals surface area (Å²) in [5.74, 6) is -0.116. The molecule has 0 aliphatic carbocycles. The van der Waals surface area contributed by atoms with Gasteiger partial charge in [0.25, 0.3) is 5.91 Å². The van der Waals surface area contributed by atoms with Crippen molar-refractivity contribution in [3.8, 4) is 5.69 Å². The van der Waals surface area contributed by atoms with Gasteiger partial charge in [0, 0.05) is 20.6 Å². The van der Waals surface area contributed by atoms with Crippen LogP contribution in [0.1, 0.15) is 22.5 Å². The van der Waals surface area contributed by atoms with Gasteiger partial charge in [0.05, 0.1) is 4.91 Å². The van der Waals surface area contributed by atoms with Gasteiger partial charge in [-0.3, -0.25) is 4.79 Å². The smallest absolute Gasteiger partial charge is 0.263 e. The zero-order valence-corrected chi connectivity index (χ0v) is 16.7. The summed E-state index contributed by atoms with van der Waals surface area (Å²) in [7, 11) is 0. The van der Waals surface area contributed by atoms with Gasteiger partial charge < -0.3 is 9.88 Å². The summed E-state index contributed by atoms with van der Waals surface area (Å²) >= 11 is 8.71. The van der Waals surface area contributed by atoms with Crippen LogP contribution in [0.5, 0.6) is 0 Å². The Morgan fingerprint density at radius 1 is 1.26 bits per heavy atom. The number of hydrogen-bond acceptors (Lipinski definition) is 3. The topological polar surface area (TPSA) is 34.0 Å². The van der Waals surface area contributed by atoms with E-state index in [2.05, 4.69) is 77.5 Å². The zero-order chi connectivity index (χ0) is 16.7. The van der Waals surface area contributed by atoms with Gasteiger partial charge in [-0.25, -0.2) is 0 Å². The molecule has 23 heavy (non-hydrogen) atoms. The number of rotatable bonds is 2. The first-order valence-corrected chi connectivity index (χ1v) is 9.37. The molecule has 1 saturated heterocycles. The highest BCUT2D eigenvalue weighted by molar-refractivity contribution is 14.1. The largest absolute Gasteiger partial charge is 0.318 e. The molecule has 1 aromatic carbocycles. The Morgan fingerprint density at radius 3 is 2.61 bits per heavy atom. The molecule has 1 aliphatic heterocycles. The second-order valence-electron chi connectivity index (χ2n) is 5.45. The molecule has 0 spiro atoms. The van der Waals surface area contributed by atoms with Crippen LogP contribution < -0.4 is 5.32 Å². The van der Waals surface area contributed by atoms with Crippen LogP contribution in [-0.2, 0) is 4.79 Å². The second kappa shape index (κ2) is 6.41. The molecule has 1 amide bonds. The van der Waals surface area contributed by atoms with E-state index in [1.165, 1.54) is 20.9 Å². The Balaban J connectivity index is 2.06. The molecule has 3 rings (SSSR count). The standard InChI is InChI=1S/C17H15IN2OS2/c1-9-4-5-13(8-14(9)18)20-10(2)6-12(11(20)3)7-15-16(21)19-17(22)23-15/h4-8H,1-3H3,(H,19,21,22). The third-order valence-electron chi connectivity index (χ3n) is 3.81. The van der Waals surface area contributed by atoms with Crippen LogP contribution >= 0.6 is 46.6 Å². The molecular weight excluding hydrogens is 439 g/mol. The summed E-state index contributed by atoms with van der Waals surface area (Å²) in [5, 5.41) is 2.65. The van der Waals surface area contributed by atoms with Crippen molar-refractivity contribution in [2.75, 3.05) is 0 Å². The number of amides is 1. The fourth-order valence-corrected chi connectivity index (χ4v) is 4.15. The van der Waals surface area contributed by atoms with E-state index in [0.717, 1.165) is 22.6 Å². The third-order valence-corrected chi connectivity index (χ3v) is 6.14. The molecule has 0 atom stereocenters. The first kappa shape index (κ1) is 16.7. The van der Waals surface area contributed by atoms with Gasteiger partial charge in [-0.1, -0.05) is 30.0 Å². The Morgan fingerprint density at radius 2 is 2.00 bits per heavy atom. The highest BCUT2D eigenvalue weighted by Crippen LogP contribution is 2.29. The fraction of sp³-hybridized carbons (Fsp3) is 0.176. The quantitative estimate of drug-likeness (QED) is 0.413. The molecule has 0 radical (unpaired) electrons. The molecule has 0 unspecified atom stereocenters. The van der Waals surface area contributed by atoms with Gasteiger partial charge in [0.1, 0.15) is 4.32 Å². The van der Waals surface area contributed by atoms with Crippen molar-refractivity contribution >= 4 is 62.9 Å². The number of aromatic nitrogens is 1. The van der Waals surface area contributed by atoms with E-state index in [-0.39, 0.29) is 5.91 Å². The fourth-order valence-electron chi connectivity index (χ4n) is 2.61. The van der Waals surface area contributed by atoms with Crippen molar-refractivity contribution in [3.63, 3.8) is 0 Å². The van der Waals surface area contributed by atoms with Crippen LogP contribution in [-0.4, -0.2) is 14.8 Å². The summed E-state index contributed by atoms with van der Waals surface area (Å²) < 4.78 is 3.97. The van der Waals surface area contributed by atoms with Crippen LogP contribution in [0.2, 0.25) is 0 Å². The number of halogens is 1. The average molecular weight is 454 g/mol. The maximum atomic E-state index is 11.8. The van der Waals surface area contributed by atoms with Crippen molar-refractivity contribution in [2.45, 2.75) is 20.8 Å². The number of nitrogens with one attached hydrogen (secondary N) is 1. The number of nitrogens with zero attached hydrogens (tertiary/aromatic N) is 1. The number of benzene rings is 1. The minimum atomic E-state index is -0.116. The van der Waals surface area contributed by atoms with Crippen molar-refractivity contribution in [1.29, 1.82) is 0 Å². The summed E-state index contributed by atoms with van der Waals surface area (Å²) in [6.07, 6.45) is 1.91. The Bertz CT molecular complexity index is 868. The van der Waals surface area contributed by atoms with E-state index >= 15 is 0 Å². The monoisotopic (exact) mass is 454 g/mol. The molecule has 1 N–H and O–H groups in total. The average Bonchev–Trinajstić information content (AvgIpc) is 2.93.